The summed E-state index contributed by atoms with van der Waals surface area (Å²) < 4.78 is 30.4. The predicted octanol–water partition coefficient (Wildman–Crippen LogP) is 1.47. The molecular formula is C17H24N2O6S. The maximum atomic E-state index is 12.3. The molecule has 1 aromatic rings. The van der Waals surface area contributed by atoms with Crippen molar-refractivity contribution >= 4 is 21.9 Å². The van der Waals surface area contributed by atoms with Crippen molar-refractivity contribution in [3.8, 4) is 0 Å². The van der Waals surface area contributed by atoms with E-state index < -0.39 is 22.1 Å². The Balaban J connectivity index is 2.05. The lowest BCUT2D eigenvalue weighted by atomic mass is 10.2. The molecule has 0 heterocycles. The fourth-order valence-electron chi connectivity index (χ4n) is 2.70. The van der Waals surface area contributed by atoms with E-state index in [0.717, 1.165) is 25.7 Å². The molecule has 1 aromatic carbocycles. The number of carbonyl (C=O) groups excluding carboxylic acids is 2. The summed E-state index contributed by atoms with van der Waals surface area (Å²) in [7, 11) is -1.41. The molecule has 0 aromatic heterocycles. The van der Waals surface area contributed by atoms with Crippen LogP contribution < -0.4 is 5.32 Å². The third-order valence-corrected chi connectivity index (χ3v) is 5.99. The average molecular weight is 384 g/mol. The van der Waals surface area contributed by atoms with Crippen molar-refractivity contribution in [1.82, 2.24) is 9.79 Å². The van der Waals surface area contributed by atoms with Gasteiger partial charge in [0.1, 0.15) is 0 Å². The van der Waals surface area contributed by atoms with Gasteiger partial charge in [0.2, 0.25) is 0 Å². The van der Waals surface area contributed by atoms with Gasteiger partial charge in [-0.15, -0.1) is 0 Å². The van der Waals surface area contributed by atoms with Crippen LogP contribution in [0.3, 0.4) is 0 Å². The Hall–Kier alpha value is -1.97. The number of carbonyl (C=O) groups is 2. The van der Waals surface area contributed by atoms with E-state index in [0.29, 0.717) is 4.47 Å². The Morgan fingerprint density at radius 2 is 1.92 bits per heavy atom. The third kappa shape index (κ3) is 4.80. The van der Waals surface area contributed by atoms with Gasteiger partial charge in [-0.05, 0) is 38.0 Å². The van der Waals surface area contributed by atoms with Gasteiger partial charge in [-0.25, -0.2) is 13.2 Å². The van der Waals surface area contributed by atoms with Crippen molar-refractivity contribution in [3.05, 3.63) is 29.8 Å². The Labute approximate surface area is 153 Å². The molecule has 0 aliphatic heterocycles. The highest BCUT2D eigenvalue weighted by Crippen LogP contribution is 2.19. The van der Waals surface area contributed by atoms with Crippen LogP contribution in [-0.4, -0.2) is 51.1 Å². The van der Waals surface area contributed by atoms with Crippen molar-refractivity contribution in [2.45, 2.75) is 49.6 Å². The van der Waals surface area contributed by atoms with Crippen molar-refractivity contribution in [2.75, 3.05) is 14.2 Å². The molecule has 2 rings (SSSR count). The van der Waals surface area contributed by atoms with Crippen LogP contribution in [0, 0.1) is 0 Å². The van der Waals surface area contributed by atoms with Crippen LogP contribution in [0.25, 0.3) is 0 Å². The summed E-state index contributed by atoms with van der Waals surface area (Å²) in [6, 6.07) is 5.51. The smallest absolute Gasteiger partial charge is 0.338 e. The molecular weight excluding hydrogens is 360 g/mol. The third-order valence-electron chi connectivity index (χ3n) is 4.32. The number of hydrogen-bond donors (Lipinski definition) is 1. The zero-order chi connectivity index (χ0) is 19.3. The van der Waals surface area contributed by atoms with E-state index in [2.05, 4.69) is 5.32 Å². The first-order chi connectivity index (χ1) is 12.3. The second kappa shape index (κ2) is 8.61. The number of hydrogen-bond acceptors (Lipinski definition) is 6. The van der Waals surface area contributed by atoms with E-state index in [4.69, 9.17) is 9.57 Å². The summed E-state index contributed by atoms with van der Waals surface area (Å²) in [4.78, 5) is 29.0. The van der Waals surface area contributed by atoms with E-state index in [1.54, 1.807) is 0 Å². The molecule has 1 aliphatic rings. The van der Waals surface area contributed by atoms with E-state index in [1.807, 2.05) is 0 Å². The maximum absolute atomic E-state index is 12.3. The summed E-state index contributed by atoms with van der Waals surface area (Å²) in [6.07, 6.45) is 3.05. The minimum absolute atomic E-state index is 0.0381. The number of nitrogens with one attached hydrogen (secondary N) is 1. The molecule has 0 saturated heterocycles. The van der Waals surface area contributed by atoms with Crippen molar-refractivity contribution in [1.29, 1.82) is 0 Å². The summed E-state index contributed by atoms with van der Waals surface area (Å²) in [6.45, 7) is 1.49. The summed E-state index contributed by atoms with van der Waals surface area (Å²) >= 11 is 0. The lowest BCUT2D eigenvalue weighted by Gasteiger charge is -2.17. The van der Waals surface area contributed by atoms with Crippen LogP contribution in [0.4, 0.5) is 0 Å². The molecule has 0 bridgehead atoms. The molecule has 1 atom stereocenters. The molecule has 0 radical (unpaired) electrons. The van der Waals surface area contributed by atoms with E-state index >= 15 is 0 Å². The Morgan fingerprint density at radius 3 is 2.54 bits per heavy atom. The van der Waals surface area contributed by atoms with Gasteiger partial charge in [-0.2, -0.15) is 0 Å². The van der Waals surface area contributed by atoms with Crippen molar-refractivity contribution in [3.63, 3.8) is 0 Å². The van der Waals surface area contributed by atoms with Gasteiger partial charge in [0.05, 0.1) is 17.6 Å². The first-order valence-corrected chi connectivity index (χ1v) is 9.84. The molecule has 144 valence electrons. The second-order valence-electron chi connectivity index (χ2n) is 6.16. The highest BCUT2D eigenvalue weighted by atomic mass is 32.2. The summed E-state index contributed by atoms with van der Waals surface area (Å²) in [5.74, 6) is -1.12. The van der Waals surface area contributed by atoms with Gasteiger partial charge in [0.25, 0.3) is 15.9 Å². The van der Waals surface area contributed by atoms with Crippen LogP contribution in [-0.2, 0) is 24.4 Å². The Bertz CT molecular complexity index is 758. The number of nitrogens with zero attached hydrogens (tertiary/aromatic N) is 1. The van der Waals surface area contributed by atoms with Gasteiger partial charge in [-0.1, -0.05) is 23.4 Å². The topological polar surface area (TPSA) is 102 Å². The molecule has 0 spiro atoms. The standard InChI is InChI=1S/C17H24N2O6S/c1-12(16(20)18-14-8-4-5-9-14)25-17(21)13-7-6-10-15(11-13)26(22,23)19(2)24-3/h6-7,10-12,14H,4-5,8-9H2,1-3H3,(H,18,20)/t12-/m0/s1. The Morgan fingerprint density at radius 1 is 1.27 bits per heavy atom. The molecule has 1 amide bonds. The fraction of sp³-hybridized carbons (Fsp3) is 0.529. The van der Waals surface area contributed by atoms with Gasteiger partial charge in [-0.3, -0.25) is 9.63 Å². The molecule has 1 fully saturated rings. The zero-order valence-corrected chi connectivity index (χ0v) is 15.9. The number of rotatable bonds is 7. The van der Waals surface area contributed by atoms with E-state index in [9.17, 15) is 18.0 Å². The van der Waals surface area contributed by atoms with Gasteiger partial charge in [0.15, 0.2) is 6.10 Å². The molecule has 1 N–H and O–H groups in total. The molecule has 1 saturated carbocycles. The minimum atomic E-state index is -3.88. The quantitative estimate of drug-likeness (QED) is 0.564. The number of sulfonamides is 1. The first kappa shape index (κ1) is 20.3. The fourth-order valence-corrected chi connectivity index (χ4v) is 3.72. The highest BCUT2D eigenvalue weighted by Gasteiger charge is 2.25. The molecule has 1 aliphatic carbocycles. The van der Waals surface area contributed by atoms with Crippen molar-refractivity contribution in [2.24, 2.45) is 0 Å². The van der Waals surface area contributed by atoms with Crippen LogP contribution in [0.5, 0.6) is 0 Å². The van der Waals surface area contributed by atoms with Crippen LogP contribution in [0.1, 0.15) is 43.0 Å². The number of hydroxylamine groups is 1. The average Bonchev–Trinajstić information content (AvgIpc) is 3.13. The predicted molar refractivity (Wildman–Crippen MR) is 93.7 cm³/mol. The van der Waals surface area contributed by atoms with E-state index in [-0.39, 0.29) is 22.4 Å². The lowest BCUT2D eigenvalue weighted by Crippen LogP contribution is -2.40. The van der Waals surface area contributed by atoms with Crippen LogP contribution >= 0.6 is 0 Å². The number of amides is 1. The van der Waals surface area contributed by atoms with E-state index in [1.165, 1.54) is 45.3 Å². The molecule has 26 heavy (non-hydrogen) atoms. The van der Waals surface area contributed by atoms with Gasteiger partial charge in [0, 0.05) is 13.1 Å². The second-order valence-corrected chi connectivity index (χ2v) is 8.10. The van der Waals surface area contributed by atoms with Gasteiger partial charge >= 0.3 is 5.97 Å². The minimum Gasteiger partial charge on any atom is -0.449 e. The SMILES string of the molecule is CON(C)S(=O)(=O)c1cccc(C(=O)O[C@@H](C)C(=O)NC2CCCC2)c1. The lowest BCUT2D eigenvalue weighted by molar-refractivity contribution is -0.129. The zero-order valence-electron chi connectivity index (χ0n) is 15.1. The number of benzene rings is 1. The largest absolute Gasteiger partial charge is 0.449 e. The highest BCUT2D eigenvalue weighted by molar-refractivity contribution is 7.89. The molecule has 0 unspecified atom stereocenters. The normalized spacial score (nSPS) is 16.5. The maximum Gasteiger partial charge on any atom is 0.338 e. The molecule has 9 heteroatoms. The van der Waals surface area contributed by atoms with Crippen LogP contribution in [0.15, 0.2) is 29.2 Å². The monoisotopic (exact) mass is 384 g/mol. The van der Waals surface area contributed by atoms with Crippen LogP contribution in [0.2, 0.25) is 0 Å². The summed E-state index contributed by atoms with van der Waals surface area (Å²) in [5, 5.41) is 2.86. The first-order valence-electron chi connectivity index (χ1n) is 8.40. The van der Waals surface area contributed by atoms with Gasteiger partial charge < -0.3 is 10.1 Å². The van der Waals surface area contributed by atoms with Crippen molar-refractivity contribution < 1.29 is 27.6 Å². The molecule has 8 nitrogen and oxygen atoms in total. The Kier molecular flexibility index (Phi) is 6.74. The number of esters is 1. The summed E-state index contributed by atoms with van der Waals surface area (Å²) in [5.41, 5.74) is 0.0381. The number of ether oxygens (including phenoxy) is 1.